The van der Waals surface area contributed by atoms with Crippen LogP contribution in [0.25, 0.3) is 21.0 Å². The molecule has 3 aromatic carbocycles. The average molecular weight is 464 g/mol. The van der Waals surface area contributed by atoms with E-state index < -0.39 is 11.9 Å². The number of carbonyl (C=O) groups excluding carboxylic acids is 2. The van der Waals surface area contributed by atoms with Gasteiger partial charge in [0.25, 0.3) is 5.91 Å². The van der Waals surface area contributed by atoms with Gasteiger partial charge in [0.15, 0.2) is 16.3 Å². The fourth-order valence-corrected chi connectivity index (χ4v) is 4.78. The summed E-state index contributed by atoms with van der Waals surface area (Å²) in [7, 11) is 2.83. The molecule has 4 aromatic rings. The summed E-state index contributed by atoms with van der Waals surface area (Å²) in [6.45, 7) is 0.803. The number of nitrogens with zero attached hydrogens (tertiary/aromatic N) is 2. The largest absolute Gasteiger partial charge is 0.496 e. The van der Waals surface area contributed by atoms with Gasteiger partial charge in [0.2, 0.25) is 0 Å². The quantitative estimate of drug-likeness (QED) is 0.429. The van der Waals surface area contributed by atoms with Crippen LogP contribution >= 0.6 is 11.3 Å². The smallest absolute Gasteiger partial charge is 0.325 e. The van der Waals surface area contributed by atoms with Gasteiger partial charge in [-0.25, -0.2) is 0 Å². The van der Waals surface area contributed by atoms with Crippen molar-refractivity contribution in [1.29, 1.82) is 0 Å². The first-order valence-corrected chi connectivity index (χ1v) is 11.0. The average Bonchev–Trinajstić information content (AvgIpc) is 3.16. The molecule has 8 nitrogen and oxygen atoms in total. The maximum atomic E-state index is 13.3. The van der Waals surface area contributed by atoms with Crippen molar-refractivity contribution in [2.45, 2.75) is 6.54 Å². The lowest BCUT2D eigenvalue weighted by Gasteiger charge is -2.18. The second-order valence-electron chi connectivity index (χ2n) is 7.33. The molecular formula is C24H20N2O6S. The van der Waals surface area contributed by atoms with Gasteiger partial charge in [-0.3, -0.25) is 9.59 Å². The molecule has 5 rings (SSSR count). The number of rotatable bonds is 4. The summed E-state index contributed by atoms with van der Waals surface area (Å²) in [5, 5.41) is 1.86. The SMILES string of the molecule is COC(=O)Cn1c(=NC(=O)c2cc3ccccc3cc2OC)sc2cc3c(cc21)OCCO3. The molecule has 0 radical (unpaired) electrons. The van der Waals surface area contributed by atoms with Crippen molar-refractivity contribution in [2.75, 3.05) is 27.4 Å². The Morgan fingerprint density at radius 1 is 1.03 bits per heavy atom. The Bertz CT molecular complexity index is 1470. The molecule has 1 aromatic heterocycles. The van der Waals surface area contributed by atoms with Crippen molar-refractivity contribution in [2.24, 2.45) is 4.99 Å². The van der Waals surface area contributed by atoms with E-state index in [1.165, 1.54) is 25.6 Å². The summed E-state index contributed by atoms with van der Waals surface area (Å²) in [5.74, 6) is 0.704. The van der Waals surface area contributed by atoms with E-state index in [2.05, 4.69) is 4.99 Å². The predicted molar refractivity (Wildman–Crippen MR) is 123 cm³/mol. The molecule has 1 aliphatic rings. The van der Waals surface area contributed by atoms with Crippen molar-refractivity contribution in [3.05, 3.63) is 58.9 Å². The van der Waals surface area contributed by atoms with Gasteiger partial charge in [-0.05, 0) is 22.9 Å². The highest BCUT2D eigenvalue weighted by Crippen LogP contribution is 2.35. The van der Waals surface area contributed by atoms with Crippen molar-refractivity contribution >= 4 is 44.2 Å². The topological polar surface area (TPSA) is 88.4 Å². The van der Waals surface area contributed by atoms with Crippen molar-refractivity contribution in [3.8, 4) is 17.2 Å². The Kier molecular flexibility index (Phi) is 5.47. The lowest BCUT2D eigenvalue weighted by Crippen LogP contribution is -2.22. The lowest BCUT2D eigenvalue weighted by atomic mass is 10.1. The molecule has 1 amide bonds. The van der Waals surface area contributed by atoms with E-state index in [1.54, 1.807) is 16.7 Å². The molecule has 0 atom stereocenters. The van der Waals surface area contributed by atoms with Gasteiger partial charge in [-0.15, -0.1) is 0 Å². The van der Waals surface area contributed by atoms with Gasteiger partial charge >= 0.3 is 5.97 Å². The standard InChI is InChI=1S/C24H20N2O6S/c1-29-18-10-15-6-4-3-5-14(15)9-16(18)23(28)25-24-26(13-22(27)30-2)17-11-19-20(12-21(17)33-24)32-8-7-31-19/h3-6,9-12H,7-8,13H2,1-2H3. The zero-order chi connectivity index (χ0) is 22.9. The van der Waals surface area contributed by atoms with Crippen molar-refractivity contribution in [1.82, 2.24) is 4.57 Å². The molecule has 33 heavy (non-hydrogen) atoms. The van der Waals surface area contributed by atoms with Gasteiger partial charge in [0.05, 0.1) is 30.0 Å². The minimum Gasteiger partial charge on any atom is -0.496 e. The number of amides is 1. The minimum atomic E-state index is -0.472. The van der Waals surface area contributed by atoms with E-state index in [9.17, 15) is 9.59 Å². The number of hydrogen-bond donors (Lipinski definition) is 0. The number of benzene rings is 3. The number of aromatic nitrogens is 1. The van der Waals surface area contributed by atoms with Crippen LogP contribution in [-0.2, 0) is 16.1 Å². The molecule has 0 spiro atoms. The normalized spacial score (nSPS) is 13.3. The van der Waals surface area contributed by atoms with Gasteiger partial charge in [0, 0.05) is 12.1 Å². The number of ether oxygens (including phenoxy) is 4. The molecule has 0 unspecified atom stereocenters. The van der Waals surface area contributed by atoms with Crippen LogP contribution in [0.1, 0.15) is 10.4 Å². The van der Waals surface area contributed by atoms with Gasteiger partial charge in [-0.2, -0.15) is 4.99 Å². The molecule has 0 aliphatic carbocycles. The second-order valence-corrected chi connectivity index (χ2v) is 8.34. The Labute approximate surface area is 192 Å². The molecular weight excluding hydrogens is 444 g/mol. The zero-order valence-corrected chi connectivity index (χ0v) is 18.8. The minimum absolute atomic E-state index is 0.100. The first-order chi connectivity index (χ1) is 16.1. The van der Waals surface area contributed by atoms with Gasteiger partial charge < -0.3 is 23.5 Å². The monoisotopic (exact) mass is 464 g/mol. The fraction of sp³-hybridized carbons (Fsp3) is 0.208. The highest BCUT2D eigenvalue weighted by atomic mass is 32.1. The number of thiazole rings is 1. The highest BCUT2D eigenvalue weighted by Gasteiger charge is 2.19. The Morgan fingerprint density at radius 2 is 1.73 bits per heavy atom. The van der Waals surface area contributed by atoms with Gasteiger partial charge in [-0.1, -0.05) is 35.6 Å². The Balaban J connectivity index is 1.67. The number of hydrogen-bond acceptors (Lipinski definition) is 7. The Morgan fingerprint density at radius 3 is 2.42 bits per heavy atom. The molecule has 0 saturated heterocycles. The van der Waals surface area contributed by atoms with Crippen LogP contribution in [0.2, 0.25) is 0 Å². The van der Waals surface area contributed by atoms with E-state index in [1.807, 2.05) is 36.4 Å². The third-order valence-corrected chi connectivity index (χ3v) is 6.40. The molecule has 0 N–H and O–H groups in total. The zero-order valence-electron chi connectivity index (χ0n) is 18.0. The van der Waals surface area contributed by atoms with Crippen molar-refractivity contribution in [3.63, 3.8) is 0 Å². The first-order valence-electron chi connectivity index (χ1n) is 10.2. The van der Waals surface area contributed by atoms with Crippen molar-refractivity contribution < 1.29 is 28.5 Å². The van der Waals surface area contributed by atoms with Gasteiger partial charge in [0.1, 0.15) is 25.5 Å². The van der Waals surface area contributed by atoms with Crippen LogP contribution in [0.5, 0.6) is 17.2 Å². The Hall–Kier alpha value is -3.85. The first kappa shape index (κ1) is 21.0. The summed E-state index contributed by atoms with van der Waals surface area (Å²) in [4.78, 5) is 30.1. The molecule has 0 saturated carbocycles. The predicted octanol–water partition coefficient (Wildman–Crippen LogP) is 3.55. The summed E-state index contributed by atoms with van der Waals surface area (Å²) in [5.41, 5.74) is 1.04. The van der Waals surface area contributed by atoms with E-state index >= 15 is 0 Å². The fourth-order valence-electron chi connectivity index (χ4n) is 3.74. The van der Waals surface area contributed by atoms with E-state index in [-0.39, 0.29) is 6.54 Å². The molecule has 9 heteroatoms. The highest BCUT2D eigenvalue weighted by molar-refractivity contribution is 7.16. The molecule has 0 fully saturated rings. The van der Waals surface area contributed by atoms with Crippen LogP contribution in [0.4, 0.5) is 0 Å². The molecule has 2 heterocycles. The number of carbonyl (C=O) groups is 2. The molecule has 0 bridgehead atoms. The number of fused-ring (bicyclic) bond motifs is 3. The second kappa shape index (κ2) is 8.59. The number of methoxy groups -OCH3 is 2. The maximum Gasteiger partial charge on any atom is 0.325 e. The van der Waals surface area contributed by atoms with Crippen LogP contribution in [-0.4, -0.2) is 43.9 Å². The summed E-state index contributed by atoms with van der Waals surface area (Å²) in [6.07, 6.45) is 0. The van der Waals surface area contributed by atoms with E-state index in [0.29, 0.717) is 46.3 Å². The van der Waals surface area contributed by atoms with E-state index in [4.69, 9.17) is 18.9 Å². The number of esters is 1. The van der Waals surface area contributed by atoms with Crippen LogP contribution in [0.15, 0.2) is 53.5 Å². The van der Waals surface area contributed by atoms with Crippen LogP contribution < -0.4 is 19.0 Å². The van der Waals surface area contributed by atoms with Crippen LogP contribution in [0.3, 0.4) is 0 Å². The molecule has 168 valence electrons. The van der Waals surface area contributed by atoms with E-state index in [0.717, 1.165) is 15.5 Å². The lowest BCUT2D eigenvalue weighted by molar-refractivity contribution is -0.141. The third-order valence-electron chi connectivity index (χ3n) is 5.36. The molecule has 1 aliphatic heterocycles. The summed E-state index contributed by atoms with van der Waals surface area (Å²) in [6, 6.07) is 14.9. The third kappa shape index (κ3) is 3.91. The maximum absolute atomic E-state index is 13.3. The summed E-state index contributed by atoms with van der Waals surface area (Å²) >= 11 is 1.28. The van der Waals surface area contributed by atoms with Crippen LogP contribution in [0, 0.1) is 0 Å². The summed E-state index contributed by atoms with van der Waals surface area (Å²) < 4.78 is 24.1.